The average molecular weight is 189 g/mol. The van der Waals surface area contributed by atoms with Crippen LogP contribution in [0.2, 0.25) is 0 Å². The van der Waals surface area contributed by atoms with E-state index in [1.807, 2.05) is 26.1 Å². The number of anilines is 1. The highest BCUT2D eigenvalue weighted by Gasteiger charge is 2.18. The molecule has 0 N–H and O–H groups in total. The van der Waals surface area contributed by atoms with Gasteiger partial charge >= 0.3 is 0 Å². The van der Waals surface area contributed by atoms with Gasteiger partial charge in [0.15, 0.2) is 5.78 Å². The zero-order valence-electron chi connectivity index (χ0n) is 8.71. The summed E-state index contributed by atoms with van der Waals surface area (Å²) in [4.78, 5) is 13.9. The van der Waals surface area contributed by atoms with E-state index in [-0.39, 0.29) is 5.78 Å². The monoisotopic (exact) mass is 189 g/mol. The van der Waals surface area contributed by atoms with Crippen molar-refractivity contribution in [3.63, 3.8) is 0 Å². The molecule has 2 nitrogen and oxygen atoms in total. The van der Waals surface area contributed by atoms with E-state index >= 15 is 0 Å². The Hall–Kier alpha value is -1.31. The number of hydrogen-bond acceptors (Lipinski definition) is 2. The summed E-state index contributed by atoms with van der Waals surface area (Å²) in [6.45, 7) is 3.00. The van der Waals surface area contributed by atoms with E-state index < -0.39 is 0 Å². The first-order chi connectivity index (χ1) is 6.68. The molecule has 1 aliphatic rings. The largest absolute Gasteiger partial charge is 0.374 e. The Balaban J connectivity index is 2.54. The van der Waals surface area contributed by atoms with Crippen LogP contribution < -0.4 is 4.90 Å². The number of fused-ring (bicyclic) bond motifs is 1. The van der Waals surface area contributed by atoms with Crippen LogP contribution >= 0.6 is 0 Å². The van der Waals surface area contributed by atoms with E-state index in [2.05, 4.69) is 11.0 Å². The van der Waals surface area contributed by atoms with Gasteiger partial charge in [0.25, 0.3) is 0 Å². The molecule has 0 unspecified atom stereocenters. The standard InChI is InChI=1S/C12H15NO/c1-9-5-6-11-10(8-9)12(14)4-3-7-13(11)2/h5-6,8H,3-4,7H2,1-2H3. The van der Waals surface area contributed by atoms with Gasteiger partial charge in [-0.1, -0.05) is 11.6 Å². The summed E-state index contributed by atoms with van der Waals surface area (Å²) >= 11 is 0. The molecule has 0 amide bonds. The third-order valence-corrected chi connectivity index (χ3v) is 2.76. The Labute approximate surface area is 84.5 Å². The van der Waals surface area contributed by atoms with Crippen molar-refractivity contribution in [2.45, 2.75) is 19.8 Å². The van der Waals surface area contributed by atoms with Crippen LogP contribution in [0.3, 0.4) is 0 Å². The topological polar surface area (TPSA) is 20.3 Å². The van der Waals surface area contributed by atoms with Crippen molar-refractivity contribution in [1.82, 2.24) is 0 Å². The SMILES string of the molecule is Cc1ccc2c(c1)C(=O)CCCN2C. The maximum Gasteiger partial charge on any atom is 0.165 e. The minimum Gasteiger partial charge on any atom is -0.374 e. The van der Waals surface area contributed by atoms with Crippen LogP contribution in [0.15, 0.2) is 18.2 Å². The molecule has 0 radical (unpaired) electrons. The molecular formula is C12H15NO. The molecule has 1 aromatic rings. The van der Waals surface area contributed by atoms with Gasteiger partial charge in [-0.25, -0.2) is 0 Å². The van der Waals surface area contributed by atoms with Gasteiger partial charge in [0.1, 0.15) is 0 Å². The summed E-state index contributed by atoms with van der Waals surface area (Å²) in [5, 5.41) is 0. The van der Waals surface area contributed by atoms with Crippen molar-refractivity contribution in [1.29, 1.82) is 0 Å². The number of benzene rings is 1. The third-order valence-electron chi connectivity index (χ3n) is 2.76. The summed E-state index contributed by atoms with van der Waals surface area (Å²) in [5.41, 5.74) is 3.13. The maximum absolute atomic E-state index is 11.8. The molecular weight excluding hydrogens is 174 g/mol. The van der Waals surface area contributed by atoms with Gasteiger partial charge in [0.05, 0.1) is 0 Å². The van der Waals surface area contributed by atoms with Gasteiger partial charge in [-0.2, -0.15) is 0 Å². The third kappa shape index (κ3) is 1.52. The van der Waals surface area contributed by atoms with Crippen LogP contribution in [0.5, 0.6) is 0 Å². The first kappa shape index (κ1) is 9.25. The molecule has 1 aromatic carbocycles. The second-order valence-corrected chi connectivity index (χ2v) is 3.97. The smallest absolute Gasteiger partial charge is 0.165 e. The molecule has 0 saturated carbocycles. The fraction of sp³-hybridized carbons (Fsp3) is 0.417. The van der Waals surface area contributed by atoms with Crippen molar-refractivity contribution in [2.24, 2.45) is 0 Å². The van der Waals surface area contributed by atoms with Crippen LogP contribution in [0.25, 0.3) is 0 Å². The Morgan fingerprint density at radius 3 is 2.93 bits per heavy atom. The van der Waals surface area contributed by atoms with E-state index in [1.54, 1.807) is 0 Å². The Kier molecular flexibility index (Phi) is 2.28. The fourth-order valence-electron chi connectivity index (χ4n) is 1.94. The number of Topliss-reactive ketones (excluding diaryl/α,β-unsaturated/α-hetero) is 1. The van der Waals surface area contributed by atoms with Gasteiger partial charge in [-0.15, -0.1) is 0 Å². The molecule has 0 atom stereocenters. The van der Waals surface area contributed by atoms with Crippen molar-refractivity contribution in [3.05, 3.63) is 29.3 Å². The molecule has 0 fully saturated rings. The summed E-state index contributed by atoms with van der Waals surface area (Å²) in [5.74, 6) is 0.285. The number of ketones is 1. The van der Waals surface area contributed by atoms with Crippen molar-refractivity contribution in [2.75, 3.05) is 18.5 Å². The average Bonchev–Trinajstić information content (AvgIpc) is 2.28. The van der Waals surface area contributed by atoms with Crippen LogP contribution in [0.1, 0.15) is 28.8 Å². The molecule has 0 bridgehead atoms. The molecule has 2 heteroatoms. The van der Waals surface area contributed by atoms with Gasteiger partial charge in [0.2, 0.25) is 0 Å². The zero-order valence-corrected chi connectivity index (χ0v) is 8.71. The number of rotatable bonds is 0. The minimum absolute atomic E-state index is 0.285. The highest BCUT2D eigenvalue weighted by atomic mass is 16.1. The van der Waals surface area contributed by atoms with Gasteiger partial charge in [-0.3, -0.25) is 4.79 Å². The molecule has 1 aliphatic heterocycles. The van der Waals surface area contributed by atoms with E-state index in [1.165, 1.54) is 0 Å². The van der Waals surface area contributed by atoms with E-state index in [0.717, 1.165) is 29.8 Å². The van der Waals surface area contributed by atoms with Crippen molar-refractivity contribution >= 4 is 11.5 Å². The lowest BCUT2D eigenvalue weighted by atomic mass is 10.0. The summed E-state index contributed by atoms with van der Waals surface area (Å²) in [6.07, 6.45) is 1.64. The number of aryl methyl sites for hydroxylation is 1. The van der Waals surface area contributed by atoms with E-state index in [4.69, 9.17) is 0 Å². The quantitative estimate of drug-likeness (QED) is 0.624. The minimum atomic E-state index is 0.285. The highest BCUT2D eigenvalue weighted by molar-refractivity contribution is 6.02. The molecule has 0 aliphatic carbocycles. The molecule has 74 valence electrons. The molecule has 0 saturated heterocycles. The lowest BCUT2D eigenvalue weighted by Gasteiger charge is -2.18. The van der Waals surface area contributed by atoms with Crippen molar-refractivity contribution < 1.29 is 4.79 Å². The number of carbonyl (C=O) groups excluding carboxylic acids is 1. The second kappa shape index (κ2) is 3.45. The first-order valence-corrected chi connectivity index (χ1v) is 5.03. The number of nitrogens with zero attached hydrogens (tertiary/aromatic N) is 1. The number of hydrogen-bond donors (Lipinski definition) is 0. The predicted molar refractivity (Wildman–Crippen MR) is 58.0 cm³/mol. The Morgan fingerprint density at radius 2 is 2.14 bits per heavy atom. The fourth-order valence-corrected chi connectivity index (χ4v) is 1.94. The van der Waals surface area contributed by atoms with Gasteiger partial charge < -0.3 is 4.90 Å². The van der Waals surface area contributed by atoms with Crippen LogP contribution in [-0.4, -0.2) is 19.4 Å². The Morgan fingerprint density at radius 1 is 1.36 bits per heavy atom. The summed E-state index contributed by atoms with van der Waals surface area (Å²) in [6, 6.07) is 6.11. The van der Waals surface area contributed by atoms with Crippen LogP contribution in [-0.2, 0) is 0 Å². The molecule has 14 heavy (non-hydrogen) atoms. The van der Waals surface area contributed by atoms with Crippen LogP contribution in [0.4, 0.5) is 5.69 Å². The predicted octanol–water partition coefficient (Wildman–Crippen LogP) is 2.41. The summed E-state index contributed by atoms with van der Waals surface area (Å²) in [7, 11) is 2.05. The number of carbonyl (C=O) groups is 1. The van der Waals surface area contributed by atoms with Crippen molar-refractivity contribution in [3.8, 4) is 0 Å². The first-order valence-electron chi connectivity index (χ1n) is 5.03. The van der Waals surface area contributed by atoms with Gasteiger partial charge in [0, 0.05) is 31.3 Å². The Bertz CT molecular complexity index is 371. The molecule has 2 rings (SSSR count). The second-order valence-electron chi connectivity index (χ2n) is 3.97. The van der Waals surface area contributed by atoms with E-state index in [0.29, 0.717) is 6.42 Å². The van der Waals surface area contributed by atoms with Gasteiger partial charge in [-0.05, 0) is 25.5 Å². The molecule has 0 aromatic heterocycles. The normalized spacial score (nSPS) is 16.4. The molecule has 0 spiro atoms. The highest BCUT2D eigenvalue weighted by Crippen LogP contribution is 2.25. The summed E-state index contributed by atoms with van der Waals surface area (Å²) < 4.78 is 0. The lowest BCUT2D eigenvalue weighted by molar-refractivity contribution is 0.0983. The maximum atomic E-state index is 11.8. The van der Waals surface area contributed by atoms with Crippen LogP contribution in [0, 0.1) is 6.92 Å². The molecule has 1 heterocycles. The lowest BCUT2D eigenvalue weighted by Crippen LogP contribution is -2.17. The zero-order chi connectivity index (χ0) is 10.1. The van der Waals surface area contributed by atoms with E-state index in [9.17, 15) is 4.79 Å².